The SMILES string of the molecule is COc1ccc([C@@H]2CC(c3c(-c4ccccc4)c4cc(Br)ccc4[nH]c3=O)=NN2C(=O)/C=C\c2ccccc2)cc1. The number of pyridine rings is 1. The summed E-state index contributed by atoms with van der Waals surface area (Å²) in [6.45, 7) is 0. The van der Waals surface area contributed by atoms with E-state index >= 15 is 0 Å². The molecule has 41 heavy (non-hydrogen) atoms. The molecule has 1 aromatic heterocycles. The molecule has 5 aromatic rings. The van der Waals surface area contributed by atoms with Crippen molar-refractivity contribution in [3.8, 4) is 16.9 Å². The highest BCUT2D eigenvalue weighted by Crippen LogP contribution is 2.38. The standard InChI is InChI=1S/C34H26BrN3O3/c1-41-26-16-13-23(14-17-26)30-21-29(37-38(30)31(39)19-12-22-8-4-2-5-9-22)33-32(24-10-6-3-7-11-24)27-20-25(35)15-18-28(27)36-34(33)40/h2-20,30H,21H2,1H3,(H,36,40)/b19-12-/t30-/m0/s1. The van der Waals surface area contributed by atoms with E-state index in [1.807, 2.05) is 103 Å². The third kappa shape index (κ3) is 5.36. The molecule has 7 heteroatoms. The molecule has 0 unspecified atom stereocenters. The van der Waals surface area contributed by atoms with Crippen LogP contribution in [0.1, 0.15) is 29.2 Å². The highest BCUT2D eigenvalue weighted by molar-refractivity contribution is 9.10. The Kier molecular flexibility index (Phi) is 7.35. The predicted octanol–water partition coefficient (Wildman–Crippen LogP) is 7.36. The second kappa shape index (κ2) is 11.4. The number of methoxy groups -OCH3 is 1. The molecule has 1 aliphatic rings. The summed E-state index contributed by atoms with van der Waals surface area (Å²) in [5.74, 6) is 0.448. The molecule has 0 bridgehead atoms. The zero-order chi connectivity index (χ0) is 28.3. The molecule has 202 valence electrons. The van der Waals surface area contributed by atoms with Crippen molar-refractivity contribution in [2.75, 3.05) is 7.11 Å². The number of H-pyrrole nitrogens is 1. The van der Waals surface area contributed by atoms with Gasteiger partial charge in [-0.1, -0.05) is 88.7 Å². The summed E-state index contributed by atoms with van der Waals surface area (Å²) >= 11 is 3.59. The number of carbonyl (C=O) groups is 1. The average molecular weight is 605 g/mol. The molecule has 1 amide bonds. The van der Waals surface area contributed by atoms with Crippen LogP contribution in [-0.2, 0) is 4.79 Å². The number of amides is 1. The Balaban J connectivity index is 1.50. The molecule has 0 saturated carbocycles. The number of halogens is 1. The van der Waals surface area contributed by atoms with Crippen LogP contribution in [0.25, 0.3) is 28.1 Å². The quantitative estimate of drug-likeness (QED) is 0.206. The Labute approximate surface area is 245 Å². The summed E-state index contributed by atoms with van der Waals surface area (Å²) in [6.07, 6.45) is 3.68. The van der Waals surface area contributed by atoms with Crippen molar-refractivity contribution in [2.45, 2.75) is 12.5 Å². The van der Waals surface area contributed by atoms with Crippen LogP contribution in [0.3, 0.4) is 0 Å². The van der Waals surface area contributed by atoms with Gasteiger partial charge >= 0.3 is 0 Å². The lowest BCUT2D eigenvalue weighted by atomic mass is 9.91. The largest absolute Gasteiger partial charge is 0.497 e. The lowest BCUT2D eigenvalue weighted by Crippen LogP contribution is -2.25. The zero-order valence-corrected chi connectivity index (χ0v) is 23.8. The van der Waals surface area contributed by atoms with Gasteiger partial charge in [-0.3, -0.25) is 9.59 Å². The van der Waals surface area contributed by atoms with E-state index < -0.39 is 6.04 Å². The maximum absolute atomic E-state index is 13.7. The molecule has 1 atom stereocenters. The predicted molar refractivity (Wildman–Crippen MR) is 167 cm³/mol. The first kappa shape index (κ1) is 26.5. The molecular formula is C34H26BrN3O3. The van der Waals surface area contributed by atoms with Gasteiger partial charge in [-0.2, -0.15) is 5.10 Å². The summed E-state index contributed by atoms with van der Waals surface area (Å²) in [7, 11) is 1.62. The summed E-state index contributed by atoms with van der Waals surface area (Å²) in [5, 5.41) is 7.20. The number of hydrogen-bond donors (Lipinski definition) is 1. The van der Waals surface area contributed by atoms with Gasteiger partial charge in [-0.25, -0.2) is 5.01 Å². The van der Waals surface area contributed by atoms with Gasteiger partial charge in [-0.05, 0) is 53.1 Å². The van der Waals surface area contributed by atoms with Gasteiger partial charge < -0.3 is 9.72 Å². The van der Waals surface area contributed by atoms with Gasteiger partial charge in [0.05, 0.1) is 24.4 Å². The smallest absolute Gasteiger partial charge is 0.267 e. The van der Waals surface area contributed by atoms with Gasteiger partial charge in [0.1, 0.15) is 5.75 Å². The normalized spacial score (nSPS) is 14.9. The second-order valence-corrected chi connectivity index (χ2v) is 10.6. The van der Waals surface area contributed by atoms with E-state index in [9.17, 15) is 9.59 Å². The van der Waals surface area contributed by atoms with Crippen molar-refractivity contribution < 1.29 is 9.53 Å². The molecule has 6 nitrogen and oxygen atoms in total. The number of aromatic amines is 1. The van der Waals surface area contributed by atoms with Crippen molar-refractivity contribution in [3.63, 3.8) is 0 Å². The summed E-state index contributed by atoms with van der Waals surface area (Å²) in [5.41, 5.74) is 4.98. The summed E-state index contributed by atoms with van der Waals surface area (Å²) in [4.78, 5) is 30.4. The number of nitrogens with zero attached hydrogens (tertiary/aromatic N) is 2. The monoisotopic (exact) mass is 603 g/mol. The number of rotatable bonds is 6. The maximum Gasteiger partial charge on any atom is 0.267 e. The Morgan fingerprint density at radius 1 is 0.951 bits per heavy atom. The fourth-order valence-corrected chi connectivity index (χ4v) is 5.56. The number of fused-ring (bicyclic) bond motifs is 1. The molecule has 2 heterocycles. The van der Waals surface area contributed by atoms with E-state index in [-0.39, 0.29) is 11.5 Å². The molecule has 0 aliphatic carbocycles. The number of aromatic nitrogens is 1. The number of benzene rings is 4. The van der Waals surface area contributed by atoms with Crippen molar-refractivity contribution in [2.24, 2.45) is 5.10 Å². The summed E-state index contributed by atoms with van der Waals surface area (Å²) in [6, 6.07) is 32.4. The van der Waals surface area contributed by atoms with E-state index in [0.29, 0.717) is 17.7 Å². The van der Waals surface area contributed by atoms with Crippen LogP contribution in [-0.4, -0.2) is 28.7 Å². The van der Waals surface area contributed by atoms with Crippen LogP contribution in [0.4, 0.5) is 0 Å². The fourth-order valence-electron chi connectivity index (χ4n) is 5.20. The van der Waals surface area contributed by atoms with Crippen LogP contribution in [0.5, 0.6) is 5.75 Å². The van der Waals surface area contributed by atoms with E-state index in [2.05, 4.69) is 20.9 Å². The Morgan fingerprint density at radius 2 is 1.66 bits per heavy atom. The van der Waals surface area contributed by atoms with E-state index in [1.54, 1.807) is 13.2 Å². The van der Waals surface area contributed by atoms with Gasteiger partial charge in [0.15, 0.2) is 0 Å². The molecule has 1 N–H and O–H groups in total. The molecule has 6 rings (SSSR count). The summed E-state index contributed by atoms with van der Waals surface area (Å²) < 4.78 is 6.24. The third-order valence-corrected chi connectivity index (χ3v) is 7.68. The number of hydrogen-bond acceptors (Lipinski definition) is 4. The van der Waals surface area contributed by atoms with Crippen LogP contribution >= 0.6 is 15.9 Å². The second-order valence-electron chi connectivity index (χ2n) is 9.73. The van der Waals surface area contributed by atoms with Gasteiger partial charge in [0.25, 0.3) is 11.5 Å². The first-order valence-electron chi connectivity index (χ1n) is 13.2. The minimum absolute atomic E-state index is 0.250. The molecule has 0 fully saturated rings. The molecule has 0 radical (unpaired) electrons. The van der Waals surface area contributed by atoms with Crippen LogP contribution in [0.15, 0.2) is 124 Å². The van der Waals surface area contributed by atoms with Crippen molar-refractivity contribution in [1.29, 1.82) is 0 Å². The third-order valence-electron chi connectivity index (χ3n) is 7.18. The van der Waals surface area contributed by atoms with Crippen molar-refractivity contribution in [3.05, 3.63) is 141 Å². The van der Waals surface area contributed by atoms with Crippen molar-refractivity contribution >= 4 is 44.5 Å². The molecule has 4 aromatic carbocycles. The van der Waals surface area contributed by atoms with E-state index in [1.165, 1.54) is 11.1 Å². The van der Waals surface area contributed by atoms with Gasteiger partial charge in [0.2, 0.25) is 0 Å². The lowest BCUT2D eigenvalue weighted by Gasteiger charge is -2.21. The first-order valence-corrected chi connectivity index (χ1v) is 14.0. The fraction of sp³-hybridized carbons (Fsp3) is 0.0882. The number of ether oxygens (including phenoxy) is 1. The van der Waals surface area contributed by atoms with Gasteiger partial charge in [0, 0.05) is 33.4 Å². The van der Waals surface area contributed by atoms with Crippen LogP contribution in [0.2, 0.25) is 0 Å². The molecule has 0 spiro atoms. The van der Waals surface area contributed by atoms with E-state index in [4.69, 9.17) is 9.84 Å². The minimum atomic E-state index is -0.398. The topological polar surface area (TPSA) is 74.8 Å². The highest BCUT2D eigenvalue weighted by atomic mass is 79.9. The average Bonchev–Trinajstić information content (AvgIpc) is 3.45. The minimum Gasteiger partial charge on any atom is -0.497 e. The van der Waals surface area contributed by atoms with Crippen LogP contribution < -0.4 is 10.3 Å². The Hall–Kier alpha value is -4.75. The Morgan fingerprint density at radius 3 is 2.37 bits per heavy atom. The first-order chi connectivity index (χ1) is 20.0. The molecule has 0 saturated heterocycles. The maximum atomic E-state index is 13.7. The highest BCUT2D eigenvalue weighted by Gasteiger charge is 2.34. The number of nitrogens with one attached hydrogen (secondary N) is 1. The van der Waals surface area contributed by atoms with Crippen LogP contribution in [0, 0.1) is 0 Å². The number of carbonyl (C=O) groups excluding carboxylic acids is 1. The number of hydrazone groups is 1. The van der Waals surface area contributed by atoms with E-state index in [0.717, 1.165) is 43.4 Å². The zero-order valence-electron chi connectivity index (χ0n) is 22.3. The van der Waals surface area contributed by atoms with Crippen molar-refractivity contribution in [1.82, 2.24) is 9.99 Å². The van der Waals surface area contributed by atoms with Gasteiger partial charge in [-0.15, -0.1) is 0 Å². The molecule has 1 aliphatic heterocycles. The molecular weight excluding hydrogens is 578 g/mol. The lowest BCUT2D eigenvalue weighted by molar-refractivity contribution is -0.127. The Bertz CT molecular complexity index is 1850.